The molecule has 0 unspecified atom stereocenters. The van der Waals surface area contributed by atoms with Gasteiger partial charge in [0.1, 0.15) is 6.54 Å². The molecule has 0 aliphatic carbocycles. The third-order valence-corrected chi connectivity index (χ3v) is 2.62. The van der Waals surface area contributed by atoms with Gasteiger partial charge < -0.3 is 5.11 Å². The van der Waals surface area contributed by atoms with Gasteiger partial charge in [0, 0.05) is 10.0 Å². The Bertz CT molecular complexity index is 526. The highest BCUT2D eigenvalue weighted by atomic mass is 79.9. The summed E-state index contributed by atoms with van der Waals surface area (Å²) in [6.07, 6.45) is 0. The van der Waals surface area contributed by atoms with Crippen molar-refractivity contribution in [3.63, 3.8) is 0 Å². The van der Waals surface area contributed by atoms with Gasteiger partial charge in [0.15, 0.2) is 5.82 Å². The topological polar surface area (TPSA) is 80.9 Å². The van der Waals surface area contributed by atoms with E-state index >= 15 is 0 Å². The zero-order chi connectivity index (χ0) is 11.5. The average molecular weight is 283 g/mol. The zero-order valence-electron chi connectivity index (χ0n) is 8.04. The minimum atomic E-state index is -0.986. The highest BCUT2D eigenvalue weighted by Gasteiger charge is 2.13. The van der Waals surface area contributed by atoms with E-state index in [1.54, 1.807) is 0 Å². The van der Waals surface area contributed by atoms with Crippen LogP contribution in [0.3, 0.4) is 0 Å². The van der Waals surface area contributed by atoms with Crippen LogP contribution in [0.15, 0.2) is 28.7 Å². The van der Waals surface area contributed by atoms with Gasteiger partial charge in [0.05, 0.1) is 0 Å². The Morgan fingerprint density at radius 1 is 1.44 bits per heavy atom. The number of tetrazole rings is 1. The largest absolute Gasteiger partial charge is 0.480 e. The number of halogens is 1. The minimum absolute atomic E-state index is 0.260. The van der Waals surface area contributed by atoms with Crippen molar-refractivity contribution in [2.24, 2.45) is 0 Å². The maximum Gasteiger partial charge on any atom is 0.325 e. The lowest BCUT2D eigenvalue weighted by Gasteiger charge is -2.03. The van der Waals surface area contributed by atoms with Gasteiger partial charge in [-0.05, 0) is 22.6 Å². The lowest BCUT2D eigenvalue weighted by Crippen LogP contribution is -2.11. The van der Waals surface area contributed by atoms with Gasteiger partial charge in [0.2, 0.25) is 0 Å². The second-order valence-electron chi connectivity index (χ2n) is 3.03. The normalized spacial score (nSPS) is 10.3. The third-order valence-electron chi connectivity index (χ3n) is 1.93. The first-order chi connectivity index (χ1) is 7.68. The predicted octanol–water partition coefficient (Wildman–Crippen LogP) is 1.19. The molecular formula is C9H7BrN4O2. The van der Waals surface area contributed by atoms with Crippen molar-refractivity contribution >= 4 is 21.9 Å². The fourth-order valence-corrected chi connectivity index (χ4v) is 1.74. The van der Waals surface area contributed by atoms with Crippen LogP contribution in [0.25, 0.3) is 11.4 Å². The van der Waals surface area contributed by atoms with Gasteiger partial charge in [0.25, 0.3) is 0 Å². The molecule has 0 atom stereocenters. The highest BCUT2D eigenvalue weighted by molar-refractivity contribution is 9.10. The highest BCUT2D eigenvalue weighted by Crippen LogP contribution is 2.25. The van der Waals surface area contributed by atoms with Gasteiger partial charge >= 0.3 is 5.97 Å². The molecule has 0 aliphatic heterocycles. The number of rotatable bonds is 3. The molecule has 0 radical (unpaired) electrons. The van der Waals surface area contributed by atoms with Crippen LogP contribution in [-0.2, 0) is 11.3 Å². The number of carboxylic acids is 1. The number of nitrogens with zero attached hydrogens (tertiary/aromatic N) is 4. The molecule has 2 rings (SSSR count). The molecule has 0 fully saturated rings. The molecule has 0 saturated heterocycles. The van der Waals surface area contributed by atoms with Gasteiger partial charge in [-0.1, -0.05) is 28.1 Å². The summed E-state index contributed by atoms with van der Waals surface area (Å²) in [5.41, 5.74) is 0.758. The van der Waals surface area contributed by atoms with E-state index in [1.165, 1.54) is 4.68 Å². The van der Waals surface area contributed by atoms with Gasteiger partial charge in [-0.25, -0.2) is 4.68 Å². The van der Waals surface area contributed by atoms with E-state index in [-0.39, 0.29) is 6.54 Å². The smallest absolute Gasteiger partial charge is 0.325 e. The number of aromatic nitrogens is 4. The second kappa shape index (κ2) is 4.40. The monoisotopic (exact) mass is 282 g/mol. The van der Waals surface area contributed by atoms with Crippen molar-refractivity contribution in [3.8, 4) is 11.4 Å². The molecule has 16 heavy (non-hydrogen) atoms. The van der Waals surface area contributed by atoms with Crippen molar-refractivity contribution < 1.29 is 9.90 Å². The molecule has 1 heterocycles. The molecule has 0 saturated carbocycles. The molecule has 0 spiro atoms. The molecule has 7 heteroatoms. The van der Waals surface area contributed by atoms with Crippen LogP contribution < -0.4 is 0 Å². The van der Waals surface area contributed by atoms with Crippen LogP contribution in [0.5, 0.6) is 0 Å². The Kier molecular flexibility index (Phi) is 2.95. The van der Waals surface area contributed by atoms with Crippen LogP contribution >= 0.6 is 15.9 Å². The Labute approximate surface area is 99.0 Å². The Morgan fingerprint density at radius 2 is 2.19 bits per heavy atom. The maximum absolute atomic E-state index is 10.6. The van der Waals surface area contributed by atoms with Crippen LogP contribution in [0.2, 0.25) is 0 Å². The lowest BCUT2D eigenvalue weighted by molar-refractivity contribution is -0.137. The Morgan fingerprint density at radius 3 is 2.88 bits per heavy atom. The van der Waals surface area contributed by atoms with E-state index in [9.17, 15) is 4.79 Å². The average Bonchev–Trinajstić information content (AvgIpc) is 2.66. The summed E-state index contributed by atoms with van der Waals surface area (Å²) in [4.78, 5) is 10.6. The number of hydrogen-bond acceptors (Lipinski definition) is 4. The minimum Gasteiger partial charge on any atom is -0.480 e. The molecule has 1 N–H and O–H groups in total. The molecule has 6 nitrogen and oxygen atoms in total. The summed E-state index contributed by atoms with van der Waals surface area (Å²) < 4.78 is 2.05. The second-order valence-corrected chi connectivity index (χ2v) is 3.89. The summed E-state index contributed by atoms with van der Waals surface area (Å²) in [5, 5.41) is 19.6. The van der Waals surface area contributed by atoms with Gasteiger partial charge in [-0.15, -0.1) is 5.10 Å². The van der Waals surface area contributed by atoms with Crippen molar-refractivity contribution in [1.29, 1.82) is 0 Å². The molecule has 1 aromatic carbocycles. The van der Waals surface area contributed by atoms with E-state index < -0.39 is 5.97 Å². The first-order valence-corrected chi connectivity index (χ1v) is 5.20. The first kappa shape index (κ1) is 10.7. The quantitative estimate of drug-likeness (QED) is 0.915. The van der Waals surface area contributed by atoms with Crippen molar-refractivity contribution in [2.45, 2.75) is 6.54 Å². The van der Waals surface area contributed by atoms with Crippen LogP contribution in [0, 0.1) is 0 Å². The van der Waals surface area contributed by atoms with Crippen LogP contribution in [0.1, 0.15) is 0 Å². The third kappa shape index (κ3) is 2.08. The first-order valence-electron chi connectivity index (χ1n) is 4.41. The lowest BCUT2D eigenvalue weighted by atomic mass is 10.2. The SMILES string of the molecule is O=C(O)Cn1nnnc1-c1ccccc1Br. The summed E-state index contributed by atoms with van der Waals surface area (Å²) in [7, 11) is 0. The van der Waals surface area contributed by atoms with Crippen molar-refractivity contribution in [2.75, 3.05) is 0 Å². The fourth-order valence-electron chi connectivity index (χ4n) is 1.27. The van der Waals surface area contributed by atoms with Crippen molar-refractivity contribution in [1.82, 2.24) is 20.2 Å². The molecule has 0 amide bonds. The summed E-state index contributed by atoms with van der Waals surface area (Å²) in [6.45, 7) is -0.260. The molecule has 2 aromatic rings. The number of aliphatic carboxylic acids is 1. The maximum atomic E-state index is 10.6. The van der Waals surface area contributed by atoms with E-state index in [0.717, 1.165) is 10.0 Å². The molecule has 0 bridgehead atoms. The van der Waals surface area contributed by atoms with E-state index in [2.05, 4.69) is 31.5 Å². The molecule has 1 aromatic heterocycles. The van der Waals surface area contributed by atoms with Gasteiger partial charge in [-0.3, -0.25) is 4.79 Å². The number of carbonyl (C=O) groups is 1. The summed E-state index contributed by atoms with van der Waals surface area (Å²) in [6, 6.07) is 7.35. The zero-order valence-corrected chi connectivity index (χ0v) is 9.62. The Hall–Kier alpha value is -1.76. The molecule has 0 aliphatic rings. The number of hydrogen-bond donors (Lipinski definition) is 1. The van der Waals surface area contributed by atoms with E-state index in [0.29, 0.717) is 5.82 Å². The van der Waals surface area contributed by atoms with Crippen molar-refractivity contribution in [3.05, 3.63) is 28.7 Å². The van der Waals surface area contributed by atoms with E-state index in [1.807, 2.05) is 24.3 Å². The Balaban J connectivity index is 2.45. The fraction of sp³-hybridized carbons (Fsp3) is 0.111. The van der Waals surface area contributed by atoms with E-state index in [4.69, 9.17) is 5.11 Å². The number of benzene rings is 1. The summed E-state index contributed by atoms with van der Waals surface area (Å²) >= 11 is 3.36. The predicted molar refractivity (Wildman–Crippen MR) is 58.6 cm³/mol. The summed E-state index contributed by atoms with van der Waals surface area (Å²) in [5.74, 6) is -0.560. The van der Waals surface area contributed by atoms with Crippen LogP contribution in [0.4, 0.5) is 0 Å². The van der Waals surface area contributed by atoms with Gasteiger partial charge in [-0.2, -0.15) is 0 Å². The van der Waals surface area contributed by atoms with Crippen LogP contribution in [-0.4, -0.2) is 31.3 Å². The molecule has 82 valence electrons. The molecular weight excluding hydrogens is 276 g/mol. The number of carboxylic acid groups (broad SMARTS) is 1. The standard InChI is InChI=1S/C9H7BrN4O2/c10-7-4-2-1-3-6(7)9-11-12-13-14(9)5-8(15)16/h1-4H,5H2,(H,15,16).